The maximum absolute atomic E-state index is 14.0. The summed E-state index contributed by atoms with van der Waals surface area (Å²) in [7, 11) is 1.76. The van der Waals surface area contributed by atoms with Gasteiger partial charge in [0.25, 0.3) is 0 Å². The minimum atomic E-state index is -0.487. The third-order valence-electron chi connectivity index (χ3n) is 7.90. The summed E-state index contributed by atoms with van der Waals surface area (Å²) in [4.78, 5) is 33.3. The quantitative estimate of drug-likeness (QED) is 0.611. The molecule has 0 radical (unpaired) electrons. The molecule has 36 heavy (non-hydrogen) atoms. The number of fused-ring (bicyclic) bond motifs is 1. The second-order valence-electron chi connectivity index (χ2n) is 10.2. The number of benzene rings is 1. The van der Waals surface area contributed by atoms with Gasteiger partial charge in [0, 0.05) is 24.5 Å². The van der Waals surface area contributed by atoms with Crippen LogP contribution in [-0.2, 0) is 9.59 Å². The van der Waals surface area contributed by atoms with E-state index in [0.29, 0.717) is 6.54 Å². The van der Waals surface area contributed by atoms with Crippen molar-refractivity contribution in [1.29, 1.82) is 0 Å². The van der Waals surface area contributed by atoms with Crippen LogP contribution in [0, 0.1) is 5.92 Å². The fourth-order valence-electron chi connectivity index (χ4n) is 5.69. The highest BCUT2D eigenvalue weighted by molar-refractivity contribution is 5.90. The van der Waals surface area contributed by atoms with Gasteiger partial charge in [-0.25, -0.2) is 0 Å². The van der Waals surface area contributed by atoms with Crippen molar-refractivity contribution in [1.82, 2.24) is 20.5 Å². The van der Waals surface area contributed by atoms with E-state index in [1.165, 1.54) is 6.42 Å². The van der Waals surface area contributed by atoms with Gasteiger partial charge in [-0.05, 0) is 74.9 Å². The molecule has 2 fully saturated rings. The number of hydrogen-bond acceptors (Lipinski definition) is 6. The van der Waals surface area contributed by atoms with Crippen molar-refractivity contribution in [3.63, 3.8) is 0 Å². The maximum Gasteiger partial charge on any atom is 0.245 e. The Labute approximate surface area is 212 Å². The molecule has 2 aromatic rings. The van der Waals surface area contributed by atoms with Crippen LogP contribution in [0.1, 0.15) is 63.5 Å². The number of amides is 2. The molecule has 1 saturated heterocycles. The van der Waals surface area contributed by atoms with Gasteiger partial charge in [-0.15, -0.1) is 0 Å². The van der Waals surface area contributed by atoms with Gasteiger partial charge in [0.15, 0.2) is 11.5 Å². The zero-order valence-electron chi connectivity index (χ0n) is 21.2. The van der Waals surface area contributed by atoms with E-state index in [9.17, 15) is 9.59 Å². The van der Waals surface area contributed by atoms with E-state index >= 15 is 0 Å². The summed E-state index contributed by atoms with van der Waals surface area (Å²) in [6, 6.07) is 7.13. The molecule has 8 heteroatoms. The van der Waals surface area contributed by atoms with E-state index in [0.717, 1.165) is 66.7 Å². The molecule has 1 aliphatic carbocycles. The summed E-state index contributed by atoms with van der Waals surface area (Å²) in [6.07, 6.45) is 10.9. The third kappa shape index (κ3) is 5.05. The van der Waals surface area contributed by atoms with E-state index in [2.05, 4.69) is 21.7 Å². The van der Waals surface area contributed by atoms with E-state index in [1.807, 2.05) is 42.4 Å². The van der Waals surface area contributed by atoms with Crippen LogP contribution in [0.25, 0.3) is 11.1 Å². The summed E-state index contributed by atoms with van der Waals surface area (Å²) >= 11 is 0. The van der Waals surface area contributed by atoms with Crippen molar-refractivity contribution in [2.24, 2.45) is 5.92 Å². The third-order valence-corrected chi connectivity index (χ3v) is 7.90. The Hall–Kier alpha value is -3.13. The SMILES string of the molecule is CNC(C)C(=O)N[C@H](C(=O)N1CCC[C@H]1c1cncc(-c2ccc3c(c2)OCO3)c1)C1CCCCC1. The molecule has 1 saturated carbocycles. The zero-order valence-corrected chi connectivity index (χ0v) is 21.2. The average molecular weight is 493 g/mol. The fraction of sp³-hybridized carbons (Fsp3) is 0.536. The monoisotopic (exact) mass is 492 g/mol. The van der Waals surface area contributed by atoms with Gasteiger partial charge < -0.3 is 25.0 Å². The van der Waals surface area contributed by atoms with Gasteiger partial charge in [0.1, 0.15) is 6.04 Å². The highest BCUT2D eigenvalue weighted by atomic mass is 16.7. The standard InChI is InChI=1S/C28H36N4O4/c1-18(29-2)27(33)31-26(19-7-4-3-5-8-19)28(34)32-12-6-9-23(32)22-13-21(15-30-16-22)20-10-11-24-25(14-20)36-17-35-24/h10-11,13-16,18-19,23,26,29H,3-9,12,17H2,1-2H3,(H,31,33)/t18?,23-,26-/m0/s1. The smallest absolute Gasteiger partial charge is 0.245 e. The molecule has 2 N–H and O–H groups in total. The summed E-state index contributed by atoms with van der Waals surface area (Å²) in [5, 5.41) is 6.10. The maximum atomic E-state index is 14.0. The molecular formula is C28H36N4O4. The predicted octanol–water partition coefficient (Wildman–Crippen LogP) is 3.81. The van der Waals surface area contributed by atoms with Crippen LogP contribution in [0.15, 0.2) is 36.7 Å². The molecule has 3 atom stereocenters. The van der Waals surface area contributed by atoms with Gasteiger partial charge in [-0.2, -0.15) is 0 Å². The van der Waals surface area contributed by atoms with Crippen molar-refractivity contribution in [2.45, 2.75) is 70.0 Å². The van der Waals surface area contributed by atoms with E-state index in [-0.39, 0.29) is 36.6 Å². The van der Waals surface area contributed by atoms with E-state index < -0.39 is 6.04 Å². The first-order chi connectivity index (χ1) is 17.5. The van der Waals surface area contributed by atoms with Gasteiger partial charge >= 0.3 is 0 Å². The first-order valence-corrected chi connectivity index (χ1v) is 13.2. The Morgan fingerprint density at radius 3 is 2.61 bits per heavy atom. The van der Waals surface area contributed by atoms with Gasteiger partial charge in [-0.1, -0.05) is 25.3 Å². The molecule has 2 aliphatic heterocycles. The van der Waals surface area contributed by atoms with Crippen LogP contribution in [0.2, 0.25) is 0 Å². The van der Waals surface area contributed by atoms with Gasteiger partial charge in [-0.3, -0.25) is 14.6 Å². The van der Waals surface area contributed by atoms with Gasteiger partial charge in [0.2, 0.25) is 18.6 Å². The molecule has 5 rings (SSSR count). The summed E-state index contributed by atoms with van der Waals surface area (Å²) < 4.78 is 11.0. The summed E-state index contributed by atoms with van der Waals surface area (Å²) in [5.74, 6) is 1.58. The van der Waals surface area contributed by atoms with E-state index in [4.69, 9.17) is 9.47 Å². The van der Waals surface area contributed by atoms with Crippen LogP contribution in [0.4, 0.5) is 0 Å². The Balaban J connectivity index is 1.38. The molecule has 192 valence electrons. The number of likely N-dealkylation sites (N-methyl/N-ethyl adjacent to an activating group) is 1. The van der Waals surface area contributed by atoms with Crippen molar-refractivity contribution in [3.8, 4) is 22.6 Å². The number of ether oxygens (including phenoxy) is 2. The molecule has 0 bridgehead atoms. The topological polar surface area (TPSA) is 92.8 Å². The van der Waals surface area contributed by atoms with Crippen LogP contribution in [-0.4, -0.2) is 54.2 Å². The lowest BCUT2D eigenvalue weighted by molar-refractivity contribution is -0.139. The highest BCUT2D eigenvalue weighted by Crippen LogP contribution is 2.38. The molecular weight excluding hydrogens is 456 g/mol. The first-order valence-electron chi connectivity index (χ1n) is 13.2. The number of carbonyl (C=O) groups is 2. The van der Waals surface area contributed by atoms with Crippen LogP contribution in [0.3, 0.4) is 0 Å². The van der Waals surface area contributed by atoms with Crippen LogP contribution in [0.5, 0.6) is 11.5 Å². The van der Waals surface area contributed by atoms with Gasteiger partial charge in [0.05, 0.1) is 12.1 Å². The Bertz CT molecular complexity index is 1100. The van der Waals surface area contributed by atoms with Crippen molar-refractivity contribution >= 4 is 11.8 Å². The molecule has 3 aliphatic rings. The normalized spacial score (nSPS) is 21.3. The number of carbonyl (C=O) groups excluding carboxylic acids is 2. The lowest BCUT2D eigenvalue weighted by Gasteiger charge is -2.35. The molecule has 2 amide bonds. The number of aromatic nitrogens is 1. The Morgan fingerprint density at radius 1 is 1.00 bits per heavy atom. The number of hydrogen-bond donors (Lipinski definition) is 2. The number of nitrogens with one attached hydrogen (secondary N) is 2. The van der Waals surface area contributed by atoms with E-state index in [1.54, 1.807) is 7.05 Å². The number of nitrogens with zero attached hydrogens (tertiary/aromatic N) is 2. The molecule has 1 aromatic carbocycles. The molecule has 8 nitrogen and oxygen atoms in total. The van der Waals surface area contributed by atoms with Crippen molar-refractivity contribution < 1.29 is 19.1 Å². The zero-order chi connectivity index (χ0) is 25.1. The minimum Gasteiger partial charge on any atom is -0.454 e. The predicted molar refractivity (Wildman–Crippen MR) is 137 cm³/mol. The van der Waals surface area contributed by atoms with Crippen LogP contribution < -0.4 is 20.1 Å². The fourth-order valence-corrected chi connectivity index (χ4v) is 5.69. The number of rotatable bonds is 7. The molecule has 1 aromatic heterocycles. The summed E-state index contributed by atoms with van der Waals surface area (Å²) in [6.45, 7) is 2.75. The Morgan fingerprint density at radius 2 is 1.81 bits per heavy atom. The molecule has 1 unspecified atom stereocenters. The second kappa shape index (κ2) is 10.9. The average Bonchev–Trinajstić information content (AvgIpc) is 3.61. The number of pyridine rings is 1. The Kier molecular flexibility index (Phi) is 7.41. The van der Waals surface area contributed by atoms with Crippen molar-refractivity contribution in [2.75, 3.05) is 20.4 Å². The minimum absolute atomic E-state index is 0.0366. The molecule has 0 spiro atoms. The second-order valence-corrected chi connectivity index (χ2v) is 10.2. The lowest BCUT2D eigenvalue weighted by Crippen LogP contribution is -2.55. The van der Waals surface area contributed by atoms with Crippen molar-refractivity contribution in [3.05, 3.63) is 42.2 Å². The van der Waals surface area contributed by atoms with Crippen LogP contribution >= 0.6 is 0 Å². The highest BCUT2D eigenvalue weighted by Gasteiger charge is 2.39. The number of likely N-dealkylation sites (tertiary alicyclic amines) is 1. The summed E-state index contributed by atoms with van der Waals surface area (Å²) in [5.41, 5.74) is 3.00. The first kappa shape index (κ1) is 24.6. The largest absolute Gasteiger partial charge is 0.454 e. The molecule has 3 heterocycles. The lowest BCUT2D eigenvalue weighted by atomic mass is 9.83.